The molecule has 7 nitrogen and oxygen atoms in total. The van der Waals surface area contributed by atoms with Gasteiger partial charge in [0.15, 0.2) is 0 Å². The molecule has 2 aromatic heterocycles. The minimum Gasteiger partial charge on any atom is -0.455 e. The lowest BCUT2D eigenvalue weighted by Gasteiger charge is -1.99. The van der Waals surface area contributed by atoms with Crippen molar-refractivity contribution in [3.05, 3.63) is 75.6 Å². The quantitative estimate of drug-likeness (QED) is 0.422. The Morgan fingerprint density at radius 3 is 2.75 bits per heavy atom. The SMILES string of the molecule is O=[N+]([O-])c1cccnc1N/N=C\c1ccc(-c2ccc(Cl)cc2)o1. The highest BCUT2D eigenvalue weighted by atomic mass is 35.5. The van der Waals surface area contributed by atoms with Crippen LogP contribution in [0, 0.1) is 10.1 Å². The number of pyridine rings is 1. The molecule has 0 fully saturated rings. The van der Waals surface area contributed by atoms with Gasteiger partial charge in [0.1, 0.15) is 11.5 Å². The lowest BCUT2D eigenvalue weighted by molar-refractivity contribution is -0.384. The summed E-state index contributed by atoms with van der Waals surface area (Å²) in [7, 11) is 0. The largest absolute Gasteiger partial charge is 0.455 e. The van der Waals surface area contributed by atoms with Gasteiger partial charge in [0.05, 0.1) is 11.1 Å². The molecule has 0 amide bonds. The summed E-state index contributed by atoms with van der Waals surface area (Å²) in [6.45, 7) is 0. The zero-order chi connectivity index (χ0) is 16.9. The standard InChI is InChI=1S/C16H11ClN4O3/c17-12-5-3-11(4-6-12)15-8-7-13(24-15)10-19-20-16-14(21(22)23)2-1-9-18-16/h1-10H,(H,18,20)/b19-10-. The van der Waals surface area contributed by atoms with E-state index in [-0.39, 0.29) is 11.5 Å². The van der Waals surface area contributed by atoms with Gasteiger partial charge in [0, 0.05) is 22.8 Å². The van der Waals surface area contributed by atoms with Crippen LogP contribution < -0.4 is 5.43 Å². The molecule has 24 heavy (non-hydrogen) atoms. The maximum absolute atomic E-state index is 10.9. The fourth-order valence-electron chi connectivity index (χ4n) is 1.98. The number of hydrogen-bond acceptors (Lipinski definition) is 6. The summed E-state index contributed by atoms with van der Waals surface area (Å²) in [5.41, 5.74) is 3.26. The van der Waals surface area contributed by atoms with E-state index >= 15 is 0 Å². The van der Waals surface area contributed by atoms with E-state index in [1.165, 1.54) is 24.5 Å². The van der Waals surface area contributed by atoms with Crippen molar-refractivity contribution in [1.82, 2.24) is 4.98 Å². The van der Waals surface area contributed by atoms with Crippen LogP contribution in [0.2, 0.25) is 5.02 Å². The van der Waals surface area contributed by atoms with Crippen molar-refractivity contribution in [3.63, 3.8) is 0 Å². The smallest absolute Gasteiger partial charge is 0.313 e. The normalized spacial score (nSPS) is 10.9. The number of aromatic nitrogens is 1. The highest BCUT2D eigenvalue weighted by Gasteiger charge is 2.13. The Hall–Kier alpha value is -3.19. The topological polar surface area (TPSA) is 93.6 Å². The average Bonchev–Trinajstić information content (AvgIpc) is 3.05. The lowest BCUT2D eigenvalue weighted by atomic mass is 10.2. The molecule has 0 saturated heterocycles. The third kappa shape index (κ3) is 3.58. The van der Waals surface area contributed by atoms with Crippen molar-refractivity contribution in [2.45, 2.75) is 0 Å². The summed E-state index contributed by atoms with van der Waals surface area (Å²) >= 11 is 5.85. The predicted octanol–water partition coefficient (Wildman–Crippen LogP) is 4.35. The summed E-state index contributed by atoms with van der Waals surface area (Å²) in [4.78, 5) is 14.2. The van der Waals surface area contributed by atoms with Gasteiger partial charge in [-0.25, -0.2) is 4.98 Å². The lowest BCUT2D eigenvalue weighted by Crippen LogP contribution is -1.98. The van der Waals surface area contributed by atoms with Gasteiger partial charge < -0.3 is 4.42 Å². The van der Waals surface area contributed by atoms with E-state index < -0.39 is 4.92 Å². The van der Waals surface area contributed by atoms with Crippen molar-refractivity contribution < 1.29 is 9.34 Å². The minimum absolute atomic E-state index is 0.0585. The van der Waals surface area contributed by atoms with Crippen LogP contribution in [-0.4, -0.2) is 16.1 Å². The van der Waals surface area contributed by atoms with E-state index in [0.29, 0.717) is 16.5 Å². The van der Waals surface area contributed by atoms with Crippen LogP contribution in [-0.2, 0) is 0 Å². The number of hydrogen-bond donors (Lipinski definition) is 1. The molecule has 0 spiro atoms. The van der Waals surface area contributed by atoms with E-state index in [9.17, 15) is 10.1 Å². The van der Waals surface area contributed by atoms with Crippen LogP contribution in [0.15, 0.2) is 64.2 Å². The molecule has 0 atom stereocenters. The molecule has 0 aliphatic carbocycles. The van der Waals surface area contributed by atoms with E-state index in [0.717, 1.165) is 5.56 Å². The number of benzene rings is 1. The summed E-state index contributed by atoms with van der Waals surface area (Å²) < 4.78 is 5.64. The Labute approximate surface area is 141 Å². The zero-order valence-electron chi connectivity index (χ0n) is 12.2. The maximum Gasteiger partial charge on any atom is 0.313 e. The number of hydrazone groups is 1. The Kier molecular flexibility index (Phi) is 4.53. The number of furan rings is 1. The van der Waals surface area contributed by atoms with Crippen molar-refractivity contribution in [2.75, 3.05) is 5.43 Å². The first-order chi connectivity index (χ1) is 11.6. The van der Waals surface area contributed by atoms with Gasteiger partial charge in [-0.3, -0.25) is 15.5 Å². The second kappa shape index (κ2) is 6.93. The molecule has 2 heterocycles. The van der Waals surface area contributed by atoms with E-state index in [4.69, 9.17) is 16.0 Å². The molecule has 0 aliphatic rings. The average molecular weight is 343 g/mol. The molecule has 0 radical (unpaired) electrons. The number of anilines is 1. The molecule has 1 N–H and O–H groups in total. The molecular weight excluding hydrogens is 332 g/mol. The fraction of sp³-hybridized carbons (Fsp3) is 0. The molecule has 0 unspecified atom stereocenters. The molecule has 8 heteroatoms. The van der Waals surface area contributed by atoms with Crippen LogP contribution >= 0.6 is 11.6 Å². The first kappa shape index (κ1) is 15.7. The number of nitrogens with one attached hydrogen (secondary N) is 1. The number of halogens is 1. The predicted molar refractivity (Wildman–Crippen MR) is 91.3 cm³/mol. The monoisotopic (exact) mass is 342 g/mol. The van der Waals surface area contributed by atoms with Gasteiger partial charge >= 0.3 is 5.69 Å². The molecule has 1 aromatic carbocycles. The Morgan fingerprint density at radius 2 is 2.00 bits per heavy atom. The van der Waals surface area contributed by atoms with Gasteiger partial charge in [-0.2, -0.15) is 5.10 Å². The number of nitrogens with zero attached hydrogens (tertiary/aromatic N) is 3. The van der Waals surface area contributed by atoms with Gasteiger partial charge in [0.2, 0.25) is 5.82 Å². The van der Waals surface area contributed by atoms with E-state index in [1.807, 2.05) is 12.1 Å². The summed E-state index contributed by atoms with van der Waals surface area (Å²) in [6.07, 6.45) is 2.86. The van der Waals surface area contributed by atoms with Gasteiger partial charge in [-0.05, 0) is 42.5 Å². The fourth-order valence-corrected chi connectivity index (χ4v) is 2.10. The van der Waals surface area contributed by atoms with E-state index in [1.54, 1.807) is 24.3 Å². The van der Waals surface area contributed by atoms with Gasteiger partial charge in [0.25, 0.3) is 0 Å². The van der Waals surface area contributed by atoms with Crippen LogP contribution in [0.1, 0.15) is 5.76 Å². The number of nitro groups is 1. The molecule has 3 aromatic rings. The molecule has 0 aliphatic heterocycles. The van der Waals surface area contributed by atoms with Crippen molar-refractivity contribution in [2.24, 2.45) is 5.10 Å². The van der Waals surface area contributed by atoms with Crippen molar-refractivity contribution in [1.29, 1.82) is 0 Å². The summed E-state index contributed by atoms with van der Waals surface area (Å²) in [5, 5.41) is 15.5. The zero-order valence-corrected chi connectivity index (χ0v) is 13.0. The molecule has 0 bridgehead atoms. The van der Waals surface area contributed by atoms with Crippen molar-refractivity contribution in [3.8, 4) is 11.3 Å². The van der Waals surface area contributed by atoms with Crippen molar-refractivity contribution >= 4 is 29.3 Å². The molecule has 0 saturated carbocycles. The molecule has 120 valence electrons. The number of rotatable bonds is 5. The molecular formula is C16H11ClN4O3. The minimum atomic E-state index is -0.531. The van der Waals surface area contributed by atoms with Gasteiger partial charge in [-0.1, -0.05) is 11.6 Å². The van der Waals surface area contributed by atoms with Crippen LogP contribution in [0.3, 0.4) is 0 Å². The van der Waals surface area contributed by atoms with Crippen LogP contribution in [0.5, 0.6) is 0 Å². The highest BCUT2D eigenvalue weighted by molar-refractivity contribution is 6.30. The van der Waals surface area contributed by atoms with Gasteiger partial charge in [-0.15, -0.1) is 0 Å². The second-order valence-corrected chi connectivity index (χ2v) is 5.14. The molecule has 3 rings (SSSR count). The van der Waals surface area contributed by atoms with Crippen LogP contribution in [0.25, 0.3) is 11.3 Å². The maximum atomic E-state index is 10.9. The first-order valence-corrected chi connectivity index (χ1v) is 7.25. The third-order valence-electron chi connectivity index (χ3n) is 3.10. The first-order valence-electron chi connectivity index (χ1n) is 6.88. The Balaban J connectivity index is 1.72. The Morgan fingerprint density at radius 1 is 1.21 bits per heavy atom. The van der Waals surface area contributed by atoms with Crippen LogP contribution in [0.4, 0.5) is 11.5 Å². The Bertz CT molecular complexity index is 890. The van der Waals surface area contributed by atoms with E-state index in [2.05, 4.69) is 15.5 Å². The second-order valence-electron chi connectivity index (χ2n) is 4.71. The summed E-state index contributed by atoms with van der Waals surface area (Å²) in [5.74, 6) is 1.21. The third-order valence-corrected chi connectivity index (χ3v) is 3.35. The summed E-state index contributed by atoms with van der Waals surface area (Å²) in [6, 6.07) is 13.6. The highest BCUT2D eigenvalue weighted by Crippen LogP contribution is 2.23.